The molecule has 3 aromatic carbocycles. The van der Waals surface area contributed by atoms with Gasteiger partial charge in [0.2, 0.25) is 12.3 Å². The summed E-state index contributed by atoms with van der Waals surface area (Å²) in [4.78, 5) is 28.7. The summed E-state index contributed by atoms with van der Waals surface area (Å²) in [6.07, 6.45) is 1.41. The highest BCUT2D eigenvalue weighted by molar-refractivity contribution is 6.31. The normalized spacial score (nSPS) is 14.9. The summed E-state index contributed by atoms with van der Waals surface area (Å²) in [7, 11) is 1.63. The summed E-state index contributed by atoms with van der Waals surface area (Å²) in [5.41, 5.74) is 4.19. The zero-order valence-corrected chi connectivity index (χ0v) is 26.0. The van der Waals surface area contributed by atoms with Gasteiger partial charge in [0, 0.05) is 52.1 Å². The van der Waals surface area contributed by atoms with E-state index in [1.165, 1.54) is 5.56 Å². The number of fused-ring (bicyclic) bond motifs is 3. The lowest BCUT2D eigenvalue weighted by molar-refractivity contribution is -0.124. The van der Waals surface area contributed by atoms with E-state index in [1.54, 1.807) is 24.1 Å². The maximum absolute atomic E-state index is 11.8. The van der Waals surface area contributed by atoms with Gasteiger partial charge < -0.3 is 29.8 Å². The second-order valence-corrected chi connectivity index (χ2v) is 11.5. The molecule has 2 heterocycles. The van der Waals surface area contributed by atoms with E-state index in [-0.39, 0.29) is 24.4 Å². The molecule has 2 amide bonds. The number of carbonyl (C=O) groups excluding carboxylic acids is 2. The van der Waals surface area contributed by atoms with Gasteiger partial charge in [0.1, 0.15) is 11.5 Å². The van der Waals surface area contributed by atoms with E-state index in [1.807, 2.05) is 68.4 Å². The summed E-state index contributed by atoms with van der Waals surface area (Å²) >= 11 is 11.8. The summed E-state index contributed by atoms with van der Waals surface area (Å²) in [6.45, 7) is 4.79. The smallest absolute Gasteiger partial charge is 0.222 e. The van der Waals surface area contributed by atoms with E-state index in [0.717, 1.165) is 45.8 Å². The van der Waals surface area contributed by atoms with Gasteiger partial charge in [0.15, 0.2) is 0 Å². The topological polar surface area (TPSA) is 104 Å². The Labute approximate surface area is 261 Å². The summed E-state index contributed by atoms with van der Waals surface area (Å²) in [6, 6.07) is 20.5. The predicted molar refractivity (Wildman–Crippen MR) is 170 cm³/mol. The molecule has 0 spiro atoms. The molecule has 1 aliphatic rings. The molecule has 0 fully saturated rings. The zero-order valence-electron chi connectivity index (χ0n) is 24.5. The Bertz CT molecular complexity index is 1510. The van der Waals surface area contributed by atoms with Gasteiger partial charge in [-0.3, -0.25) is 9.59 Å². The number of nitrogens with one attached hydrogen (secondary N) is 2. The Balaban J connectivity index is 0.000000403. The Morgan fingerprint density at radius 1 is 1.07 bits per heavy atom. The largest absolute Gasteiger partial charge is 0.497 e. The maximum Gasteiger partial charge on any atom is 0.222 e. The molecule has 0 aliphatic carbocycles. The van der Waals surface area contributed by atoms with Gasteiger partial charge in [-0.05, 0) is 72.1 Å². The molecule has 0 saturated heterocycles. The quantitative estimate of drug-likeness (QED) is 0.183. The summed E-state index contributed by atoms with van der Waals surface area (Å²) < 4.78 is 10.7. The Morgan fingerprint density at radius 2 is 1.74 bits per heavy atom. The Kier molecular flexibility index (Phi) is 11.3. The number of amides is 2. The minimum absolute atomic E-state index is 0.0798. The molecule has 3 N–H and O–H groups in total. The molecule has 0 bridgehead atoms. The van der Waals surface area contributed by atoms with Crippen molar-refractivity contribution in [3.8, 4) is 11.5 Å². The predicted octanol–water partition coefficient (Wildman–Crippen LogP) is 6.18. The average molecular weight is 627 g/mol. The van der Waals surface area contributed by atoms with Gasteiger partial charge in [-0.1, -0.05) is 49.2 Å². The molecule has 0 radical (unpaired) electrons. The van der Waals surface area contributed by atoms with Crippen molar-refractivity contribution in [2.45, 2.75) is 38.8 Å². The van der Waals surface area contributed by atoms with Gasteiger partial charge in [0.25, 0.3) is 0 Å². The first kappa shape index (κ1) is 32.2. The van der Waals surface area contributed by atoms with Crippen LogP contribution in [-0.2, 0) is 16.0 Å². The third-order valence-corrected chi connectivity index (χ3v) is 7.75. The van der Waals surface area contributed by atoms with Gasteiger partial charge in [-0.15, -0.1) is 0 Å². The highest BCUT2D eigenvalue weighted by Gasteiger charge is 2.31. The van der Waals surface area contributed by atoms with Crippen molar-refractivity contribution < 1.29 is 24.2 Å². The van der Waals surface area contributed by atoms with Crippen molar-refractivity contribution in [1.82, 2.24) is 15.2 Å². The lowest BCUT2D eigenvalue weighted by Crippen LogP contribution is -2.35. The van der Waals surface area contributed by atoms with E-state index in [4.69, 9.17) is 32.7 Å². The van der Waals surface area contributed by atoms with Crippen LogP contribution in [-0.4, -0.2) is 60.2 Å². The SMILES string of the molecule is CC(C)C(=O)NCC(O)CCOc1ccc(C2c3[nH]c4ccc(Cl)cc4c3CCN2C=O)cc1.COc1ccc(Cl)cc1. The summed E-state index contributed by atoms with van der Waals surface area (Å²) in [5, 5.41) is 15.3. The molecule has 4 aromatic rings. The lowest BCUT2D eigenvalue weighted by Gasteiger charge is -2.33. The fraction of sp³-hybridized carbons (Fsp3) is 0.333. The van der Waals surface area contributed by atoms with E-state index in [9.17, 15) is 14.7 Å². The van der Waals surface area contributed by atoms with Crippen molar-refractivity contribution in [2.24, 2.45) is 5.92 Å². The first-order chi connectivity index (χ1) is 20.7. The number of rotatable bonds is 10. The van der Waals surface area contributed by atoms with Crippen LogP contribution in [0.4, 0.5) is 0 Å². The van der Waals surface area contributed by atoms with E-state index >= 15 is 0 Å². The minimum Gasteiger partial charge on any atom is -0.497 e. The van der Waals surface area contributed by atoms with Gasteiger partial charge in [0.05, 0.1) is 25.9 Å². The van der Waals surface area contributed by atoms with Crippen molar-refractivity contribution in [1.29, 1.82) is 0 Å². The number of aliphatic hydroxyl groups excluding tert-OH is 1. The summed E-state index contributed by atoms with van der Waals surface area (Å²) in [5.74, 6) is 1.32. The van der Waals surface area contributed by atoms with Crippen molar-refractivity contribution in [3.05, 3.63) is 93.6 Å². The lowest BCUT2D eigenvalue weighted by atomic mass is 9.93. The van der Waals surface area contributed by atoms with Crippen LogP contribution < -0.4 is 14.8 Å². The van der Waals surface area contributed by atoms with Gasteiger partial charge >= 0.3 is 0 Å². The molecular formula is C33H37Cl2N3O5. The van der Waals surface area contributed by atoms with Crippen LogP contribution in [0.2, 0.25) is 10.0 Å². The molecular weight excluding hydrogens is 589 g/mol. The number of carbonyl (C=O) groups is 2. The number of nitrogens with zero attached hydrogens (tertiary/aromatic N) is 1. The van der Waals surface area contributed by atoms with E-state index in [2.05, 4.69) is 10.3 Å². The van der Waals surface area contributed by atoms with Crippen molar-refractivity contribution in [2.75, 3.05) is 26.8 Å². The average Bonchev–Trinajstić information content (AvgIpc) is 3.38. The van der Waals surface area contributed by atoms with Crippen LogP contribution in [0.5, 0.6) is 11.5 Å². The van der Waals surface area contributed by atoms with E-state index < -0.39 is 6.10 Å². The number of ether oxygens (including phenoxy) is 2. The van der Waals surface area contributed by atoms with Crippen LogP contribution in [0, 0.1) is 5.92 Å². The third kappa shape index (κ3) is 8.44. The molecule has 8 nitrogen and oxygen atoms in total. The minimum atomic E-state index is -0.667. The molecule has 2 unspecified atom stereocenters. The second kappa shape index (κ2) is 15.1. The fourth-order valence-electron chi connectivity index (χ4n) is 4.91. The van der Waals surface area contributed by atoms with Crippen LogP contribution in [0.3, 0.4) is 0 Å². The molecule has 2 atom stereocenters. The van der Waals surface area contributed by atoms with Crippen molar-refractivity contribution in [3.63, 3.8) is 0 Å². The number of hydrogen-bond acceptors (Lipinski definition) is 5. The molecule has 228 valence electrons. The molecule has 5 rings (SSSR count). The molecule has 43 heavy (non-hydrogen) atoms. The Hall–Kier alpha value is -3.72. The molecule has 0 saturated carbocycles. The number of aliphatic hydroxyl groups is 1. The first-order valence-electron chi connectivity index (χ1n) is 14.2. The number of hydrogen-bond donors (Lipinski definition) is 3. The highest BCUT2D eigenvalue weighted by Crippen LogP contribution is 2.38. The van der Waals surface area contributed by atoms with Crippen molar-refractivity contribution >= 4 is 46.4 Å². The highest BCUT2D eigenvalue weighted by atomic mass is 35.5. The zero-order chi connectivity index (χ0) is 30.9. The fourth-order valence-corrected chi connectivity index (χ4v) is 5.20. The number of aromatic amines is 1. The van der Waals surface area contributed by atoms with E-state index in [0.29, 0.717) is 30.3 Å². The van der Waals surface area contributed by atoms with Gasteiger partial charge in [-0.25, -0.2) is 0 Å². The maximum atomic E-state index is 11.8. The number of methoxy groups -OCH3 is 1. The first-order valence-corrected chi connectivity index (χ1v) is 14.9. The van der Waals surface area contributed by atoms with Crippen LogP contribution in [0.1, 0.15) is 43.1 Å². The molecule has 1 aliphatic heterocycles. The Morgan fingerprint density at radius 3 is 2.40 bits per heavy atom. The monoisotopic (exact) mass is 625 g/mol. The third-order valence-electron chi connectivity index (χ3n) is 7.26. The number of H-pyrrole nitrogens is 1. The standard InChI is InChI=1S/C26H30ClN3O4.C7H7ClO/c1-16(2)26(33)28-14-19(32)10-12-34-20-6-3-17(4-7-20)25-24-21(9-11-30(25)15-31)22-13-18(27)5-8-23(22)29-24;1-9-7-4-2-6(8)3-5-7/h3-8,13,15-16,19,25,29,32H,9-12,14H2,1-2H3,(H,28,33);2-5H,1H3. The van der Waals surface area contributed by atoms with Crippen LogP contribution >= 0.6 is 23.2 Å². The molecule has 1 aromatic heterocycles. The van der Waals surface area contributed by atoms with Crippen LogP contribution in [0.15, 0.2) is 66.7 Å². The van der Waals surface area contributed by atoms with Crippen LogP contribution in [0.25, 0.3) is 10.9 Å². The molecule has 10 heteroatoms. The van der Waals surface area contributed by atoms with Gasteiger partial charge in [-0.2, -0.15) is 0 Å². The second-order valence-electron chi connectivity index (χ2n) is 10.6. The number of benzene rings is 3. The number of halogens is 2. The number of aromatic nitrogens is 1.